The van der Waals surface area contributed by atoms with Crippen LogP contribution in [-0.4, -0.2) is 130 Å². The van der Waals surface area contributed by atoms with Crippen LogP contribution in [0.1, 0.15) is 209 Å². The van der Waals surface area contributed by atoms with E-state index in [0.29, 0.717) is 58.1 Å². The molecule has 0 bridgehead atoms. The second kappa shape index (κ2) is 35.0. The van der Waals surface area contributed by atoms with Gasteiger partial charge in [0.25, 0.3) is 0 Å². The number of nitrogens with zero attached hydrogens (tertiary/aromatic N) is 8. The molecule has 0 spiro atoms. The minimum atomic E-state index is -0.911. The van der Waals surface area contributed by atoms with E-state index in [1.54, 1.807) is 23.0 Å². The zero-order chi connectivity index (χ0) is 58.9. The predicted molar refractivity (Wildman–Crippen MR) is 340 cm³/mol. The number of hydrogen-bond acceptors (Lipinski definition) is 13. The van der Waals surface area contributed by atoms with Crippen LogP contribution in [0.5, 0.6) is 0 Å². The highest BCUT2D eigenvalue weighted by Crippen LogP contribution is 2.45. The fourth-order valence-corrected chi connectivity index (χ4v) is 12.6. The highest BCUT2D eigenvalue weighted by atomic mass is 35.5. The number of likely N-dealkylation sites (N-methyl/N-ethyl adjacent to an activating group) is 2. The molecule has 17 heteroatoms. The van der Waals surface area contributed by atoms with E-state index < -0.39 is 5.97 Å². The van der Waals surface area contributed by atoms with Crippen LogP contribution in [0.25, 0.3) is 5.69 Å². The average molecular weight is 1160 g/mol. The van der Waals surface area contributed by atoms with Gasteiger partial charge in [-0.1, -0.05) is 123 Å². The largest absolute Gasteiger partial charge is 0.478 e. The van der Waals surface area contributed by atoms with Crippen molar-refractivity contribution in [1.29, 1.82) is 0 Å². The van der Waals surface area contributed by atoms with Gasteiger partial charge >= 0.3 is 5.97 Å². The van der Waals surface area contributed by atoms with Crippen molar-refractivity contribution in [3.8, 4) is 5.69 Å². The molecule has 7 N–H and O–H groups in total. The van der Waals surface area contributed by atoms with E-state index in [1.807, 2.05) is 56.6 Å². The van der Waals surface area contributed by atoms with Gasteiger partial charge in [0.1, 0.15) is 11.3 Å². The lowest BCUT2D eigenvalue weighted by atomic mass is 9.74. The molecule has 3 heterocycles. The van der Waals surface area contributed by atoms with Crippen LogP contribution in [0.3, 0.4) is 0 Å². The number of carboxylic acids is 1. The Balaban J connectivity index is 0.00000294. The molecule has 2 aliphatic carbocycles. The molecule has 2 aromatic heterocycles. The maximum Gasteiger partial charge on any atom is 0.339 e. The summed E-state index contributed by atoms with van der Waals surface area (Å²) < 4.78 is 1.94. The maximum atomic E-state index is 14.2. The lowest BCUT2D eigenvalue weighted by Gasteiger charge is -2.35. The molecule has 1 saturated heterocycles. The number of rotatable bonds is 33. The number of hydrogen-bond donors (Lipinski definition) is 5. The zero-order valence-electron chi connectivity index (χ0n) is 51.5. The number of aromatic carboxylic acids is 1. The minimum absolute atomic E-state index is 0.0535. The fourth-order valence-electron chi connectivity index (χ4n) is 11.8. The molecule has 3 fully saturated rings. The van der Waals surface area contributed by atoms with Gasteiger partial charge in [0.05, 0.1) is 24.1 Å². The predicted octanol–water partition coefficient (Wildman–Crippen LogP) is 13.4. The summed E-state index contributed by atoms with van der Waals surface area (Å²) in [5, 5.41) is 24.9. The summed E-state index contributed by atoms with van der Waals surface area (Å²) in [7, 11) is 4.49. The molecule has 3 aliphatic rings. The summed E-state index contributed by atoms with van der Waals surface area (Å²) in [5.74, 6) is 8.53. The Bertz CT molecular complexity index is 2490. The van der Waals surface area contributed by atoms with Crippen molar-refractivity contribution in [3.05, 3.63) is 81.6 Å². The number of thioether (sulfide) groups is 1. The normalized spacial score (nSPS) is 17.8. The molecule has 4 atom stereocenters. The van der Waals surface area contributed by atoms with Gasteiger partial charge in [0.15, 0.2) is 16.8 Å². The molecule has 0 radical (unpaired) electrons. The van der Waals surface area contributed by atoms with Gasteiger partial charge in [-0.3, -0.25) is 9.80 Å². The summed E-state index contributed by atoms with van der Waals surface area (Å²) in [5.41, 5.74) is 12.8. The third kappa shape index (κ3) is 20.7. The summed E-state index contributed by atoms with van der Waals surface area (Å²) >= 11 is 7.70. The first-order valence-corrected chi connectivity index (χ1v) is 32.7. The number of aromatic nitrogens is 4. The van der Waals surface area contributed by atoms with E-state index >= 15 is 0 Å². The van der Waals surface area contributed by atoms with Crippen LogP contribution in [0, 0.1) is 11.3 Å². The van der Waals surface area contributed by atoms with Gasteiger partial charge in [-0.2, -0.15) is 5.10 Å². The van der Waals surface area contributed by atoms with E-state index in [4.69, 9.17) is 38.2 Å². The first-order chi connectivity index (χ1) is 39.2. The molecule has 81 heavy (non-hydrogen) atoms. The number of halogens is 1. The lowest BCUT2D eigenvalue weighted by Crippen LogP contribution is -2.41. The molecular formula is C64H105ClN12O3S. The molecule has 1 aliphatic heterocycles. The highest BCUT2D eigenvalue weighted by molar-refractivity contribution is 7.99. The molecule has 452 valence electrons. The first-order valence-electron chi connectivity index (χ1n) is 31.3. The van der Waals surface area contributed by atoms with E-state index in [2.05, 4.69) is 85.3 Å². The monoisotopic (exact) mass is 1160 g/mol. The number of anilines is 3. The second-order valence-corrected chi connectivity index (χ2v) is 24.6. The third-order valence-electron chi connectivity index (χ3n) is 16.4. The van der Waals surface area contributed by atoms with Crippen molar-refractivity contribution in [2.24, 2.45) is 17.2 Å². The van der Waals surface area contributed by atoms with Crippen molar-refractivity contribution < 1.29 is 14.7 Å². The van der Waals surface area contributed by atoms with Crippen molar-refractivity contribution in [3.63, 3.8) is 0 Å². The van der Waals surface area contributed by atoms with E-state index in [9.17, 15) is 14.7 Å². The van der Waals surface area contributed by atoms with E-state index in [1.165, 1.54) is 24.0 Å². The lowest BCUT2D eigenvalue weighted by molar-refractivity contribution is -0.137. The summed E-state index contributed by atoms with van der Waals surface area (Å²) in [4.78, 5) is 43.3. The van der Waals surface area contributed by atoms with E-state index in [-0.39, 0.29) is 23.2 Å². The van der Waals surface area contributed by atoms with Crippen molar-refractivity contribution >= 4 is 52.6 Å². The Hall–Kier alpha value is -4.45. The molecule has 2 saturated carbocycles. The van der Waals surface area contributed by atoms with Gasteiger partial charge in [0, 0.05) is 61.4 Å². The Morgan fingerprint density at radius 2 is 1.57 bits per heavy atom. The number of unbranched alkanes of at least 4 members (excludes halogenated alkanes) is 2. The highest BCUT2D eigenvalue weighted by Gasteiger charge is 2.37. The SMILES string of the molecule is CC.CC.CCCCC1CCCN1C(=O)C1CCCC(c2cc(CC(C)(CCC)CCN(C)CCN(C)CCCCNCCNc3nc(SCCC)nc(N(N)Cc4ccc(Cl)cc4)c3N)cc(-n3ncc(C(=O)O)c3C3CC3)c2)C1. The minimum Gasteiger partial charge on any atom is -0.478 e. The molecule has 15 nitrogen and oxygen atoms in total. The van der Waals surface area contributed by atoms with Gasteiger partial charge in [0.2, 0.25) is 5.91 Å². The van der Waals surface area contributed by atoms with Crippen molar-refractivity contribution in [1.82, 2.24) is 39.8 Å². The number of amides is 1. The topological polar surface area (TPSA) is 187 Å². The summed E-state index contributed by atoms with van der Waals surface area (Å²) in [6.07, 6.45) is 20.6. The second-order valence-electron chi connectivity index (χ2n) is 23.1. The third-order valence-corrected chi connectivity index (χ3v) is 17.7. The number of nitrogens with one attached hydrogen (secondary N) is 2. The van der Waals surface area contributed by atoms with Crippen molar-refractivity contribution in [2.45, 2.75) is 201 Å². The Labute approximate surface area is 497 Å². The van der Waals surface area contributed by atoms with Crippen LogP contribution >= 0.6 is 23.4 Å². The standard InChI is InChI=1S/C60H93ClN12O3S.2C2H6/c1-7-10-17-50-18-14-31-71(50)57(74)47-16-13-15-46(38-47)48-36-44(37-51(39-48)73-54(45-21-22-45)52(41-66-73)58(75)76)40-60(4,25-8-2)26-32-70(6)34-33-69(5)30-12-11-27-64-28-29-65-55-53(62)56(68-59(67-55)77-35-9-3)72(63)42-43-19-23-49(61)24-20-43;2*1-2/h19-20,23-24,36-37,39,41,45-47,50,64H,7-18,21-22,25-35,38,40,42,62-63H2,1-6H3,(H,75,76)(H,65,67,68);2*1-2H3. The smallest absolute Gasteiger partial charge is 0.339 e. The maximum absolute atomic E-state index is 14.2. The average Bonchev–Trinajstić information content (AvgIpc) is 4.06. The van der Waals surface area contributed by atoms with Gasteiger partial charge < -0.3 is 36.2 Å². The number of hydrazine groups is 1. The Kier molecular flexibility index (Phi) is 29.1. The molecule has 7 rings (SSSR count). The first kappa shape index (κ1) is 67.3. The molecule has 2 aromatic carbocycles. The van der Waals surface area contributed by atoms with Crippen LogP contribution in [0.2, 0.25) is 5.02 Å². The molecule has 4 aromatic rings. The number of nitrogens with two attached hydrogens (primary N) is 2. The number of likely N-dealkylation sites (tertiary alicyclic amines) is 1. The van der Waals surface area contributed by atoms with Gasteiger partial charge in [-0.25, -0.2) is 25.3 Å². The number of benzene rings is 2. The summed E-state index contributed by atoms with van der Waals surface area (Å²) in [6, 6.07) is 15.0. The number of nitrogen functional groups attached to an aromatic ring is 1. The molecule has 4 unspecified atom stereocenters. The number of carbonyl (C=O) groups is 2. The zero-order valence-corrected chi connectivity index (χ0v) is 53.1. The quantitative estimate of drug-likeness (QED) is 0.00997. The fraction of sp³-hybridized carbons (Fsp3) is 0.672. The Morgan fingerprint density at radius 1 is 0.827 bits per heavy atom. The van der Waals surface area contributed by atoms with E-state index in [0.717, 1.165) is 171 Å². The number of carbonyl (C=O) groups excluding carboxylic acids is 1. The van der Waals surface area contributed by atoms with Gasteiger partial charge in [-0.15, -0.1) is 0 Å². The van der Waals surface area contributed by atoms with Crippen molar-refractivity contribution in [2.75, 3.05) is 88.3 Å². The molecular weight excluding hydrogens is 1050 g/mol. The van der Waals surface area contributed by atoms with Gasteiger partial charge in [-0.05, 0) is 176 Å². The summed E-state index contributed by atoms with van der Waals surface area (Å²) in [6.45, 7) is 24.9. The number of carboxylic acid groups (broad SMARTS) is 1. The Morgan fingerprint density at radius 3 is 2.26 bits per heavy atom. The van der Waals surface area contributed by atoms with Crippen LogP contribution in [0.4, 0.5) is 17.3 Å². The van der Waals surface area contributed by atoms with Crippen LogP contribution in [-0.2, 0) is 17.8 Å². The van der Waals surface area contributed by atoms with Crippen LogP contribution in [0.15, 0.2) is 53.8 Å². The van der Waals surface area contributed by atoms with Crippen LogP contribution < -0.4 is 27.2 Å². The molecule has 1 amide bonds.